The number of hydrogen-bond acceptors (Lipinski definition) is 2. The number of rotatable bonds is 3. The summed E-state index contributed by atoms with van der Waals surface area (Å²) in [6, 6.07) is 3.68. The molecule has 1 aliphatic rings. The third-order valence-electron chi connectivity index (χ3n) is 3.21. The Morgan fingerprint density at radius 1 is 1.45 bits per heavy atom. The van der Waals surface area contributed by atoms with Crippen LogP contribution in [0.4, 0.5) is 13.2 Å². The van der Waals surface area contributed by atoms with E-state index in [1.54, 1.807) is 0 Å². The van der Waals surface area contributed by atoms with Gasteiger partial charge in [0.15, 0.2) is 0 Å². The molecule has 110 valence electrons. The van der Waals surface area contributed by atoms with Crippen LogP contribution < -0.4 is 10.6 Å². The van der Waals surface area contributed by atoms with Crippen LogP contribution in [-0.4, -0.2) is 25.0 Å². The van der Waals surface area contributed by atoms with Crippen molar-refractivity contribution in [2.45, 2.75) is 25.1 Å². The predicted molar refractivity (Wildman–Crippen MR) is 72.5 cm³/mol. The van der Waals surface area contributed by atoms with Crippen molar-refractivity contribution < 1.29 is 18.0 Å². The van der Waals surface area contributed by atoms with Crippen molar-refractivity contribution in [3.05, 3.63) is 33.8 Å². The highest BCUT2D eigenvalue weighted by Gasteiger charge is 2.33. The Balaban J connectivity index is 2.06. The summed E-state index contributed by atoms with van der Waals surface area (Å²) in [5, 5.41) is 5.86. The molecule has 1 atom stereocenters. The second-order valence-electron chi connectivity index (χ2n) is 4.70. The van der Waals surface area contributed by atoms with Crippen LogP contribution in [0.1, 0.15) is 28.8 Å². The minimum atomic E-state index is -4.48. The average Bonchev–Trinajstić information content (AvgIpc) is 2.88. The molecule has 0 bridgehead atoms. The number of hydrogen-bond donors (Lipinski definition) is 2. The monoisotopic (exact) mass is 350 g/mol. The van der Waals surface area contributed by atoms with Gasteiger partial charge in [0.2, 0.25) is 0 Å². The van der Waals surface area contributed by atoms with Crippen LogP contribution in [-0.2, 0) is 6.18 Å². The quantitative estimate of drug-likeness (QED) is 0.879. The second kappa shape index (κ2) is 6.13. The van der Waals surface area contributed by atoms with E-state index in [4.69, 9.17) is 0 Å². The number of amides is 1. The van der Waals surface area contributed by atoms with Crippen molar-refractivity contribution in [1.29, 1.82) is 0 Å². The lowest BCUT2D eigenvalue weighted by Crippen LogP contribution is -2.37. The standard InChI is InChI=1S/C13H14BrF3N2O/c14-11-4-3-8(6-10(11)13(15,16)17)12(20)19-7-9-2-1-5-18-9/h3-4,6,9,18H,1-2,5,7H2,(H,19,20). The van der Waals surface area contributed by atoms with E-state index in [9.17, 15) is 18.0 Å². The van der Waals surface area contributed by atoms with Gasteiger partial charge in [0, 0.05) is 22.6 Å². The molecule has 0 saturated carbocycles. The van der Waals surface area contributed by atoms with Gasteiger partial charge in [-0.15, -0.1) is 0 Å². The highest BCUT2D eigenvalue weighted by atomic mass is 79.9. The summed E-state index contributed by atoms with van der Waals surface area (Å²) in [6.45, 7) is 1.34. The van der Waals surface area contributed by atoms with Crippen molar-refractivity contribution in [1.82, 2.24) is 10.6 Å². The summed E-state index contributed by atoms with van der Waals surface area (Å²) >= 11 is 2.85. The van der Waals surface area contributed by atoms with E-state index >= 15 is 0 Å². The number of nitrogens with one attached hydrogen (secondary N) is 2. The van der Waals surface area contributed by atoms with Crippen molar-refractivity contribution in [3.8, 4) is 0 Å². The van der Waals surface area contributed by atoms with Crippen molar-refractivity contribution >= 4 is 21.8 Å². The molecule has 1 aromatic rings. The van der Waals surface area contributed by atoms with Gasteiger partial charge in [0.25, 0.3) is 5.91 Å². The first kappa shape index (κ1) is 15.3. The third-order valence-corrected chi connectivity index (χ3v) is 3.90. The summed E-state index contributed by atoms with van der Waals surface area (Å²) in [5.41, 5.74) is -0.831. The van der Waals surface area contributed by atoms with Gasteiger partial charge in [-0.25, -0.2) is 0 Å². The highest BCUT2D eigenvalue weighted by Crippen LogP contribution is 2.35. The lowest BCUT2D eigenvalue weighted by atomic mass is 10.1. The van der Waals surface area contributed by atoms with Gasteiger partial charge in [-0.2, -0.15) is 13.2 Å². The molecule has 2 rings (SSSR count). The molecule has 0 spiro atoms. The smallest absolute Gasteiger partial charge is 0.350 e. The van der Waals surface area contributed by atoms with Gasteiger partial charge in [-0.3, -0.25) is 4.79 Å². The zero-order valence-corrected chi connectivity index (χ0v) is 12.1. The summed E-state index contributed by atoms with van der Waals surface area (Å²) in [6.07, 6.45) is -2.46. The Labute approximate surface area is 123 Å². The van der Waals surface area contributed by atoms with E-state index in [0.717, 1.165) is 25.5 Å². The van der Waals surface area contributed by atoms with Gasteiger partial charge >= 0.3 is 6.18 Å². The number of carbonyl (C=O) groups is 1. The first-order chi connectivity index (χ1) is 9.38. The lowest BCUT2D eigenvalue weighted by molar-refractivity contribution is -0.138. The molecule has 0 aromatic heterocycles. The van der Waals surface area contributed by atoms with Crippen LogP contribution in [0.15, 0.2) is 22.7 Å². The summed E-state index contributed by atoms with van der Waals surface area (Å²) in [5.74, 6) is -0.489. The Kier molecular flexibility index (Phi) is 4.70. The van der Waals surface area contributed by atoms with Gasteiger partial charge in [0.1, 0.15) is 0 Å². The Bertz CT molecular complexity index is 499. The van der Waals surface area contributed by atoms with E-state index in [1.807, 2.05) is 0 Å². The predicted octanol–water partition coefficient (Wildman–Crippen LogP) is 2.95. The molecule has 1 unspecified atom stereocenters. The fourth-order valence-corrected chi connectivity index (χ4v) is 2.60. The molecule has 0 aliphatic carbocycles. The largest absolute Gasteiger partial charge is 0.417 e. The van der Waals surface area contributed by atoms with Crippen molar-refractivity contribution in [2.24, 2.45) is 0 Å². The fraction of sp³-hybridized carbons (Fsp3) is 0.462. The third kappa shape index (κ3) is 3.73. The van der Waals surface area contributed by atoms with Crippen LogP contribution in [0.3, 0.4) is 0 Å². The first-order valence-electron chi connectivity index (χ1n) is 6.26. The van der Waals surface area contributed by atoms with Crippen LogP contribution in [0, 0.1) is 0 Å². The van der Waals surface area contributed by atoms with Crippen molar-refractivity contribution in [3.63, 3.8) is 0 Å². The van der Waals surface area contributed by atoms with Crippen LogP contribution >= 0.6 is 15.9 Å². The van der Waals surface area contributed by atoms with Gasteiger partial charge in [-0.05, 0) is 37.6 Å². The summed E-state index contributed by atoms with van der Waals surface area (Å²) in [4.78, 5) is 11.9. The Morgan fingerprint density at radius 2 is 2.20 bits per heavy atom. The maximum atomic E-state index is 12.8. The number of halogens is 4. The molecule has 7 heteroatoms. The van der Waals surface area contributed by atoms with Crippen LogP contribution in [0.25, 0.3) is 0 Å². The highest BCUT2D eigenvalue weighted by molar-refractivity contribution is 9.10. The minimum Gasteiger partial charge on any atom is -0.350 e. The van der Waals surface area contributed by atoms with E-state index in [-0.39, 0.29) is 16.1 Å². The zero-order chi connectivity index (χ0) is 14.8. The maximum Gasteiger partial charge on any atom is 0.417 e. The fourth-order valence-electron chi connectivity index (χ4n) is 2.13. The maximum absolute atomic E-state index is 12.8. The molecule has 1 fully saturated rings. The average molecular weight is 351 g/mol. The summed E-state index contributed by atoms with van der Waals surface area (Å²) in [7, 11) is 0. The second-order valence-corrected chi connectivity index (χ2v) is 5.55. The van der Waals surface area contributed by atoms with E-state index in [1.165, 1.54) is 12.1 Å². The topological polar surface area (TPSA) is 41.1 Å². The molecule has 1 aliphatic heterocycles. The molecule has 1 heterocycles. The summed E-state index contributed by atoms with van der Waals surface area (Å²) < 4.78 is 38.2. The molecule has 1 amide bonds. The van der Waals surface area contributed by atoms with Gasteiger partial charge in [0.05, 0.1) is 5.56 Å². The normalized spacial score (nSPS) is 19.1. The number of carbonyl (C=O) groups excluding carboxylic acids is 1. The molecule has 2 N–H and O–H groups in total. The molecule has 1 aromatic carbocycles. The number of benzene rings is 1. The molecule has 20 heavy (non-hydrogen) atoms. The number of alkyl halides is 3. The zero-order valence-electron chi connectivity index (χ0n) is 10.6. The van der Waals surface area contributed by atoms with E-state index < -0.39 is 17.6 Å². The van der Waals surface area contributed by atoms with Crippen molar-refractivity contribution in [2.75, 3.05) is 13.1 Å². The van der Waals surface area contributed by atoms with E-state index in [0.29, 0.717) is 6.54 Å². The van der Waals surface area contributed by atoms with Gasteiger partial charge in [-0.1, -0.05) is 15.9 Å². The minimum absolute atomic E-state index is 0.0125. The van der Waals surface area contributed by atoms with E-state index in [2.05, 4.69) is 26.6 Å². The molecular formula is C13H14BrF3N2O. The van der Waals surface area contributed by atoms with Crippen LogP contribution in [0.5, 0.6) is 0 Å². The molecular weight excluding hydrogens is 337 g/mol. The lowest BCUT2D eigenvalue weighted by Gasteiger charge is -2.13. The first-order valence-corrected chi connectivity index (χ1v) is 7.05. The Morgan fingerprint density at radius 3 is 2.80 bits per heavy atom. The SMILES string of the molecule is O=C(NCC1CCCN1)c1ccc(Br)c(C(F)(F)F)c1. The van der Waals surface area contributed by atoms with Crippen LogP contribution in [0.2, 0.25) is 0 Å². The molecule has 1 saturated heterocycles. The Hall–Kier alpha value is -1.08. The molecule has 3 nitrogen and oxygen atoms in total. The molecule has 0 radical (unpaired) electrons. The van der Waals surface area contributed by atoms with Gasteiger partial charge < -0.3 is 10.6 Å².